The quantitative estimate of drug-likeness (QED) is 0.803. The fourth-order valence-electron chi connectivity index (χ4n) is 2.58. The first-order valence-corrected chi connectivity index (χ1v) is 6.68. The van der Waals surface area contributed by atoms with Gasteiger partial charge in [0.2, 0.25) is 0 Å². The van der Waals surface area contributed by atoms with E-state index in [-0.39, 0.29) is 24.3 Å². The molecule has 0 bridgehead atoms. The van der Waals surface area contributed by atoms with Crippen molar-refractivity contribution in [2.75, 3.05) is 19.6 Å². The average molecular weight is 270 g/mol. The summed E-state index contributed by atoms with van der Waals surface area (Å²) in [4.78, 5) is 24.8. The third kappa shape index (κ3) is 3.18. The number of nitrogens with one attached hydrogen (secondary N) is 1. The number of urea groups is 1. The van der Waals surface area contributed by atoms with Gasteiger partial charge in [-0.1, -0.05) is 0 Å². The molecule has 0 aromatic carbocycles. The van der Waals surface area contributed by atoms with E-state index in [1.165, 1.54) is 0 Å². The van der Waals surface area contributed by atoms with Gasteiger partial charge >= 0.3 is 12.0 Å². The lowest BCUT2D eigenvalue weighted by Crippen LogP contribution is -2.56. The third-order valence-electron chi connectivity index (χ3n) is 3.74. The molecule has 108 valence electrons. The number of hydrogen-bond donors (Lipinski definition) is 2. The van der Waals surface area contributed by atoms with Crippen molar-refractivity contribution in [1.82, 2.24) is 10.2 Å². The molecule has 2 amide bonds. The summed E-state index contributed by atoms with van der Waals surface area (Å²) < 4.78 is 5.73. The minimum atomic E-state index is -0.816. The summed E-state index contributed by atoms with van der Waals surface area (Å²) in [5.74, 6) is -0.816. The minimum Gasteiger partial charge on any atom is -0.481 e. The molecule has 1 atom stereocenters. The molecule has 2 aliphatic rings. The van der Waals surface area contributed by atoms with Crippen LogP contribution in [0.4, 0.5) is 4.79 Å². The van der Waals surface area contributed by atoms with Crippen LogP contribution in [0.25, 0.3) is 0 Å². The molecule has 2 fully saturated rings. The summed E-state index contributed by atoms with van der Waals surface area (Å²) in [5, 5.41) is 11.8. The summed E-state index contributed by atoms with van der Waals surface area (Å²) >= 11 is 0. The molecule has 19 heavy (non-hydrogen) atoms. The fraction of sp³-hybridized carbons (Fsp3) is 0.846. The number of aliphatic carboxylic acids is 1. The second-order valence-corrected chi connectivity index (χ2v) is 6.31. The highest BCUT2D eigenvalue weighted by Crippen LogP contribution is 2.45. The van der Waals surface area contributed by atoms with Crippen LogP contribution in [0.15, 0.2) is 0 Å². The summed E-state index contributed by atoms with van der Waals surface area (Å²) in [5.41, 5.74) is -1.08. The van der Waals surface area contributed by atoms with Crippen LogP contribution in [-0.4, -0.2) is 53.3 Å². The van der Waals surface area contributed by atoms with E-state index < -0.39 is 11.4 Å². The number of amides is 2. The molecule has 6 heteroatoms. The van der Waals surface area contributed by atoms with Crippen LogP contribution >= 0.6 is 0 Å². The number of ether oxygens (including phenoxy) is 1. The van der Waals surface area contributed by atoms with Gasteiger partial charge in [0.1, 0.15) is 0 Å². The molecule has 1 saturated carbocycles. The number of nitrogens with zero attached hydrogens (tertiary/aromatic N) is 1. The Kier molecular flexibility index (Phi) is 3.47. The number of hydrogen-bond acceptors (Lipinski definition) is 3. The summed E-state index contributed by atoms with van der Waals surface area (Å²) in [7, 11) is 0. The maximum absolute atomic E-state index is 12.1. The zero-order valence-corrected chi connectivity index (χ0v) is 11.7. The van der Waals surface area contributed by atoms with E-state index in [1.54, 1.807) is 4.90 Å². The molecule has 6 nitrogen and oxygen atoms in total. The Morgan fingerprint density at radius 3 is 2.53 bits per heavy atom. The molecule has 2 N–H and O–H groups in total. The largest absolute Gasteiger partial charge is 0.481 e. The van der Waals surface area contributed by atoms with Gasteiger partial charge in [-0.25, -0.2) is 4.79 Å². The number of carbonyl (C=O) groups excluding carboxylic acids is 1. The predicted octanol–water partition coefficient (Wildman–Crippen LogP) is 1.06. The molecule has 0 spiro atoms. The standard InChI is InChI=1S/C13H22N2O4/c1-9-6-15(8-12(2,3)19-9)11(18)14-7-13(4-5-13)10(16)17/h9H,4-8H2,1-3H3,(H,14,18)(H,16,17). The van der Waals surface area contributed by atoms with Crippen LogP contribution in [-0.2, 0) is 9.53 Å². The maximum atomic E-state index is 12.1. The molecular weight excluding hydrogens is 248 g/mol. The van der Waals surface area contributed by atoms with E-state index in [1.807, 2.05) is 20.8 Å². The Labute approximate surface area is 113 Å². The van der Waals surface area contributed by atoms with Gasteiger partial charge in [-0.3, -0.25) is 4.79 Å². The predicted molar refractivity (Wildman–Crippen MR) is 68.9 cm³/mol. The van der Waals surface area contributed by atoms with Gasteiger partial charge in [0.25, 0.3) is 0 Å². The molecular formula is C13H22N2O4. The van der Waals surface area contributed by atoms with Crippen molar-refractivity contribution >= 4 is 12.0 Å². The zero-order valence-electron chi connectivity index (χ0n) is 11.7. The molecule has 1 aliphatic carbocycles. The van der Waals surface area contributed by atoms with Gasteiger partial charge in [-0.05, 0) is 33.6 Å². The Morgan fingerprint density at radius 2 is 2.05 bits per heavy atom. The lowest BCUT2D eigenvalue weighted by atomic mass is 10.1. The van der Waals surface area contributed by atoms with Gasteiger partial charge in [0, 0.05) is 13.1 Å². The first-order valence-electron chi connectivity index (χ1n) is 6.68. The molecule has 0 aromatic heterocycles. The van der Waals surface area contributed by atoms with Crippen molar-refractivity contribution in [1.29, 1.82) is 0 Å². The van der Waals surface area contributed by atoms with Gasteiger partial charge < -0.3 is 20.1 Å². The van der Waals surface area contributed by atoms with Crippen molar-refractivity contribution in [3.8, 4) is 0 Å². The van der Waals surface area contributed by atoms with E-state index >= 15 is 0 Å². The number of rotatable bonds is 3. The van der Waals surface area contributed by atoms with Crippen molar-refractivity contribution in [3.63, 3.8) is 0 Å². The average Bonchev–Trinajstić information content (AvgIpc) is 3.04. The number of carboxylic acid groups (broad SMARTS) is 1. The van der Waals surface area contributed by atoms with Crippen molar-refractivity contribution < 1.29 is 19.4 Å². The fourth-order valence-corrected chi connectivity index (χ4v) is 2.58. The highest BCUT2D eigenvalue weighted by Gasteiger charge is 2.50. The van der Waals surface area contributed by atoms with E-state index in [0.717, 1.165) is 0 Å². The normalized spacial score (nSPS) is 27.7. The number of carboxylic acids is 1. The minimum absolute atomic E-state index is 0.0103. The smallest absolute Gasteiger partial charge is 0.317 e. The highest BCUT2D eigenvalue weighted by molar-refractivity contribution is 5.80. The summed E-state index contributed by atoms with van der Waals surface area (Å²) in [6, 6.07) is -0.198. The van der Waals surface area contributed by atoms with Crippen molar-refractivity contribution in [2.24, 2.45) is 5.41 Å². The van der Waals surface area contributed by atoms with E-state index in [2.05, 4.69) is 5.32 Å². The van der Waals surface area contributed by atoms with Gasteiger partial charge in [-0.15, -0.1) is 0 Å². The van der Waals surface area contributed by atoms with Crippen molar-refractivity contribution in [2.45, 2.75) is 45.3 Å². The Morgan fingerprint density at radius 1 is 1.42 bits per heavy atom. The molecule has 0 radical (unpaired) electrons. The van der Waals surface area contributed by atoms with E-state index in [9.17, 15) is 9.59 Å². The second-order valence-electron chi connectivity index (χ2n) is 6.31. The molecule has 0 aromatic rings. The molecule has 1 saturated heterocycles. The van der Waals surface area contributed by atoms with E-state index in [4.69, 9.17) is 9.84 Å². The van der Waals surface area contributed by atoms with E-state index in [0.29, 0.717) is 25.9 Å². The van der Waals surface area contributed by atoms with Crippen LogP contribution in [0.5, 0.6) is 0 Å². The number of morpholine rings is 1. The maximum Gasteiger partial charge on any atom is 0.317 e. The topological polar surface area (TPSA) is 78.9 Å². The van der Waals surface area contributed by atoms with Crippen LogP contribution in [0.2, 0.25) is 0 Å². The Hall–Kier alpha value is -1.30. The zero-order chi connectivity index (χ0) is 14.3. The molecule has 1 unspecified atom stereocenters. The number of carbonyl (C=O) groups is 2. The van der Waals surface area contributed by atoms with Crippen LogP contribution < -0.4 is 5.32 Å². The van der Waals surface area contributed by atoms with Crippen molar-refractivity contribution in [3.05, 3.63) is 0 Å². The first-order chi connectivity index (χ1) is 8.74. The lowest BCUT2D eigenvalue weighted by molar-refractivity contribution is -0.143. The summed E-state index contributed by atoms with van der Waals surface area (Å²) in [6.45, 7) is 7.10. The monoisotopic (exact) mass is 270 g/mol. The second kappa shape index (κ2) is 4.67. The van der Waals surface area contributed by atoms with Gasteiger partial charge in [0.05, 0.1) is 23.7 Å². The Bertz CT molecular complexity index is 390. The molecule has 1 heterocycles. The van der Waals surface area contributed by atoms with Gasteiger partial charge in [-0.2, -0.15) is 0 Å². The van der Waals surface area contributed by atoms with Crippen LogP contribution in [0, 0.1) is 5.41 Å². The Balaban J connectivity index is 1.88. The lowest BCUT2D eigenvalue weighted by Gasteiger charge is -2.41. The third-order valence-corrected chi connectivity index (χ3v) is 3.74. The van der Waals surface area contributed by atoms with Crippen LogP contribution in [0.1, 0.15) is 33.6 Å². The summed E-state index contributed by atoms with van der Waals surface area (Å²) in [6.07, 6.45) is 1.28. The molecule has 1 aliphatic heterocycles. The van der Waals surface area contributed by atoms with Gasteiger partial charge in [0.15, 0.2) is 0 Å². The highest BCUT2D eigenvalue weighted by atomic mass is 16.5. The molecule has 2 rings (SSSR count). The first kappa shape index (κ1) is 14.1. The van der Waals surface area contributed by atoms with Crippen LogP contribution in [0.3, 0.4) is 0 Å². The SMILES string of the molecule is CC1CN(C(=O)NCC2(C(=O)O)CC2)CC(C)(C)O1.